The summed E-state index contributed by atoms with van der Waals surface area (Å²) in [5.41, 5.74) is 2.66. The highest BCUT2D eigenvalue weighted by atomic mass is 16.2. The Morgan fingerprint density at radius 2 is 1.85 bits per heavy atom. The monoisotopic (exact) mass is 363 g/mol. The van der Waals surface area contributed by atoms with Crippen LogP contribution in [-0.4, -0.2) is 35.2 Å². The number of anilines is 1. The number of carbonyl (C=O) groups is 1. The molecule has 0 saturated carbocycles. The number of aromatic nitrogens is 6. The van der Waals surface area contributed by atoms with Gasteiger partial charge in [-0.2, -0.15) is 0 Å². The highest BCUT2D eigenvalue weighted by Crippen LogP contribution is 2.19. The Balaban J connectivity index is 1.59. The molecule has 0 aliphatic rings. The van der Waals surface area contributed by atoms with E-state index in [2.05, 4.69) is 20.8 Å². The van der Waals surface area contributed by atoms with Crippen LogP contribution in [0.25, 0.3) is 22.4 Å². The van der Waals surface area contributed by atoms with E-state index in [4.69, 9.17) is 0 Å². The van der Waals surface area contributed by atoms with Crippen molar-refractivity contribution < 1.29 is 4.79 Å². The summed E-state index contributed by atoms with van der Waals surface area (Å²) in [5, 5.41) is 14.2. The third-order valence-electron chi connectivity index (χ3n) is 4.38. The average molecular weight is 363 g/mol. The van der Waals surface area contributed by atoms with Gasteiger partial charge in [0, 0.05) is 25.3 Å². The van der Waals surface area contributed by atoms with Crippen LogP contribution in [0, 0.1) is 0 Å². The summed E-state index contributed by atoms with van der Waals surface area (Å²) < 4.78 is 4.54. The molecule has 0 saturated heterocycles. The normalized spacial score (nSPS) is 11.0. The number of benzene rings is 2. The number of hydrogen-bond acceptors (Lipinski definition) is 5. The van der Waals surface area contributed by atoms with Gasteiger partial charge in [0.15, 0.2) is 5.82 Å². The van der Waals surface area contributed by atoms with Crippen LogP contribution in [0.5, 0.6) is 0 Å². The summed E-state index contributed by atoms with van der Waals surface area (Å²) in [6.45, 7) is -0.0735. The molecule has 27 heavy (non-hydrogen) atoms. The van der Waals surface area contributed by atoms with Crippen molar-refractivity contribution in [3.8, 4) is 11.4 Å². The van der Waals surface area contributed by atoms with Crippen molar-refractivity contribution in [1.82, 2.24) is 29.3 Å². The first-order valence-electron chi connectivity index (χ1n) is 8.31. The Labute approximate surface area is 153 Å². The molecule has 2 heterocycles. The average Bonchev–Trinajstić information content (AvgIpc) is 3.20. The minimum atomic E-state index is -0.290. The quantitative estimate of drug-likeness (QED) is 0.587. The Kier molecular flexibility index (Phi) is 4.03. The lowest BCUT2D eigenvalue weighted by Crippen LogP contribution is -2.28. The number of amides is 1. The zero-order chi connectivity index (χ0) is 19.0. The molecule has 0 bridgehead atoms. The first-order chi connectivity index (χ1) is 13.0. The van der Waals surface area contributed by atoms with Crippen molar-refractivity contribution in [2.75, 3.05) is 5.32 Å². The molecule has 0 unspecified atom stereocenters. The van der Waals surface area contributed by atoms with Crippen molar-refractivity contribution in [2.24, 2.45) is 14.1 Å². The standard InChI is InChI=1S/C18H17N7O2/c1-23-14-8-3-4-9-15(14)25(18(23)27)11-16(26)19-13-7-5-6-12(10-13)17-20-21-22-24(17)2/h3-10H,11H2,1-2H3,(H,19,26). The number of rotatable bonds is 4. The first kappa shape index (κ1) is 16.7. The zero-order valence-electron chi connectivity index (χ0n) is 14.8. The molecular formula is C18H17N7O2. The van der Waals surface area contributed by atoms with E-state index in [1.165, 1.54) is 9.13 Å². The maximum atomic E-state index is 12.5. The number of fused-ring (bicyclic) bond motifs is 1. The highest BCUT2D eigenvalue weighted by Gasteiger charge is 2.14. The third kappa shape index (κ3) is 2.99. The Morgan fingerprint density at radius 1 is 1.07 bits per heavy atom. The molecule has 0 aliphatic heterocycles. The molecule has 0 fully saturated rings. The van der Waals surface area contributed by atoms with Gasteiger partial charge in [-0.3, -0.25) is 13.9 Å². The van der Waals surface area contributed by atoms with Crippen LogP contribution in [0.4, 0.5) is 5.69 Å². The number of para-hydroxylation sites is 2. The predicted molar refractivity (Wildman–Crippen MR) is 100 cm³/mol. The fraction of sp³-hybridized carbons (Fsp3) is 0.167. The molecule has 2 aromatic heterocycles. The van der Waals surface area contributed by atoms with Gasteiger partial charge >= 0.3 is 5.69 Å². The van der Waals surface area contributed by atoms with Gasteiger partial charge in [0.05, 0.1) is 11.0 Å². The van der Waals surface area contributed by atoms with E-state index in [9.17, 15) is 9.59 Å². The van der Waals surface area contributed by atoms with Gasteiger partial charge in [0.1, 0.15) is 6.54 Å². The van der Waals surface area contributed by atoms with Gasteiger partial charge in [-0.15, -0.1) is 5.10 Å². The van der Waals surface area contributed by atoms with E-state index < -0.39 is 0 Å². The second-order valence-electron chi connectivity index (χ2n) is 6.17. The number of carbonyl (C=O) groups excluding carboxylic acids is 1. The van der Waals surface area contributed by atoms with Gasteiger partial charge in [-0.05, 0) is 34.7 Å². The highest BCUT2D eigenvalue weighted by molar-refractivity contribution is 5.92. The van der Waals surface area contributed by atoms with Crippen LogP contribution in [0.2, 0.25) is 0 Å². The largest absolute Gasteiger partial charge is 0.329 e. The summed E-state index contributed by atoms with van der Waals surface area (Å²) in [7, 11) is 3.44. The number of nitrogens with one attached hydrogen (secondary N) is 1. The Morgan fingerprint density at radius 3 is 2.59 bits per heavy atom. The summed E-state index contributed by atoms with van der Waals surface area (Å²) in [6, 6.07) is 14.6. The van der Waals surface area contributed by atoms with Crippen molar-refractivity contribution in [3.63, 3.8) is 0 Å². The topological polar surface area (TPSA) is 99.6 Å². The molecule has 2 aromatic carbocycles. The van der Waals surface area contributed by atoms with Crippen LogP contribution in [-0.2, 0) is 25.4 Å². The minimum absolute atomic E-state index is 0.0735. The maximum absolute atomic E-state index is 12.5. The summed E-state index contributed by atoms with van der Waals surface area (Å²) in [5.74, 6) is 0.304. The lowest BCUT2D eigenvalue weighted by molar-refractivity contribution is -0.116. The number of imidazole rings is 1. The molecule has 0 aliphatic carbocycles. The molecule has 0 spiro atoms. The van der Waals surface area contributed by atoms with E-state index >= 15 is 0 Å². The van der Waals surface area contributed by atoms with Crippen LogP contribution in [0.3, 0.4) is 0 Å². The molecule has 1 amide bonds. The number of hydrogen-bond donors (Lipinski definition) is 1. The van der Waals surface area contributed by atoms with E-state index in [0.29, 0.717) is 11.5 Å². The predicted octanol–water partition coefficient (Wildman–Crippen LogP) is 1.17. The molecule has 1 N–H and O–H groups in total. The van der Waals surface area contributed by atoms with Crippen molar-refractivity contribution in [1.29, 1.82) is 0 Å². The van der Waals surface area contributed by atoms with Gasteiger partial charge < -0.3 is 5.32 Å². The van der Waals surface area contributed by atoms with Crippen LogP contribution < -0.4 is 11.0 Å². The lowest BCUT2D eigenvalue weighted by atomic mass is 10.2. The molecule has 9 heteroatoms. The van der Waals surface area contributed by atoms with E-state index in [-0.39, 0.29) is 18.1 Å². The van der Waals surface area contributed by atoms with Gasteiger partial charge in [0.2, 0.25) is 5.91 Å². The number of tetrazole rings is 1. The van der Waals surface area contributed by atoms with Crippen molar-refractivity contribution >= 4 is 22.6 Å². The lowest BCUT2D eigenvalue weighted by Gasteiger charge is -2.08. The van der Waals surface area contributed by atoms with Gasteiger partial charge in [0.25, 0.3) is 0 Å². The van der Waals surface area contributed by atoms with Crippen LogP contribution in [0.1, 0.15) is 0 Å². The van der Waals surface area contributed by atoms with E-state index in [0.717, 1.165) is 16.6 Å². The Hall–Kier alpha value is -3.75. The smallest absolute Gasteiger partial charge is 0.325 e. The van der Waals surface area contributed by atoms with Crippen molar-refractivity contribution in [2.45, 2.75) is 6.54 Å². The molecule has 4 rings (SSSR count). The molecule has 4 aromatic rings. The summed E-state index contributed by atoms with van der Waals surface area (Å²) in [6.07, 6.45) is 0. The fourth-order valence-electron chi connectivity index (χ4n) is 3.07. The van der Waals surface area contributed by atoms with Crippen LogP contribution in [0.15, 0.2) is 53.3 Å². The first-order valence-corrected chi connectivity index (χ1v) is 8.31. The number of aryl methyl sites for hydroxylation is 2. The van der Waals surface area contributed by atoms with Crippen LogP contribution >= 0.6 is 0 Å². The summed E-state index contributed by atoms with van der Waals surface area (Å²) >= 11 is 0. The van der Waals surface area contributed by atoms with Crippen molar-refractivity contribution in [3.05, 3.63) is 59.0 Å². The fourth-order valence-corrected chi connectivity index (χ4v) is 3.07. The van der Waals surface area contributed by atoms with Gasteiger partial charge in [-0.25, -0.2) is 9.48 Å². The molecular weight excluding hydrogens is 346 g/mol. The molecule has 9 nitrogen and oxygen atoms in total. The van der Waals surface area contributed by atoms with Gasteiger partial charge in [-0.1, -0.05) is 24.3 Å². The number of nitrogens with zero attached hydrogens (tertiary/aromatic N) is 6. The SMILES string of the molecule is Cn1nnnc1-c1cccc(NC(=O)Cn2c(=O)n(C)c3ccccc32)c1. The summed E-state index contributed by atoms with van der Waals surface area (Å²) in [4.78, 5) is 25.0. The van der Waals surface area contributed by atoms with E-state index in [1.807, 2.05) is 36.4 Å². The van der Waals surface area contributed by atoms with E-state index in [1.54, 1.807) is 30.9 Å². The third-order valence-corrected chi connectivity index (χ3v) is 4.38. The second-order valence-corrected chi connectivity index (χ2v) is 6.17. The second kappa shape index (κ2) is 6.52. The molecule has 136 valence electrons. The zero-order valence-corrected chi connectivity index (χ0v) is 14.8. The molecule has 0 atom stereocenters. The maximum Gasteiger partial charge on any atom is 0.329 e. The Bertz CT molecular complexity index is 1200. The molecule has 0 radical (unpaired) electrons. The minimum Gasteiger partial charge on any atom is -0.325 e.